The van der Waals surface area contributed by atoms with Crippen LogP contribution in [0.5, 0.6) is 0 Å². The van der Waals surface area contributed by atoms with Crippen molar-refractivity contribution in [2.75, 3.05) is 12.3 Å². The van der Waals surface area contributed by atoms with Crippen LogP contribution < -0.4 is 5.32 Å². The van der Waals surface area contributed by atoms with E-state index >= 15 is 0 Å². The second-order valence-corrected chi connectivity index (χ2v) is 8.36. The van der Waals surface area contributed by atoms with Crippen LogP contribution in [0.1, 0.15) is 56.1 Å². The summed E-state index contributed by atoms with van der Waals surface area (Å²) < 4.78 is 5.47. The lowest BCUT2D eigenvalue weighted by Gasteiger charge is -2.29. The molecule has 2 fully saturated rings. The van der Waals surface area contributed by atoms with Gasteiger partial charge >= 0.3 is 0 Å². The lowest BCUT2D eigenvalue weighted by molar-refractivity contribution is 0.296. The molecule has 2 saturated heterocycles. The smallest absolute Gasteiger partial charge is 0.243 e. The molecule has 0 spiro atoms. The second-order valence-electron chi connectivity index (χ2n) is 5.36. The SMILES string of the molecule is CC1SCC(c2noc([C@H]3CCCCN3)n2)SC1C. The van der Waals surface area contributed by atoms with Gasteiger partial charge in [-0.15, -0.1) is 11.8 Å². The maximum Gasteiger partial charge on any atom is 0.243 e. The van der Waals surface area contributed by atoms with Crippen molar-refractivity contribution in [1.29, 1.82) is 0 Å². The molecule has 0 radical (unpaired) electrons. The summed E-state index contributed by atoms with van der Waals surface area (Å²) >= 11 is 4.00. The summed E-state index contributed by atoms with van der Waals surface area (Å²) in [6.07, 6.45) is 3.61. The molecular weight excluding hydrogens is 278 g/mol. The van der Waals surface area contributed by atoms with E-state index in [1.165, 1.54) is 12.8 Å². The van der Waals surface area contributed by atoms with Gasteiger partial charge < -0.3 is 9.84 Å². The van der Waals surface area contributed by atoms with Crippen molar-refractivity contribution in [3.8, 4) is 0 Å². The topological polar surface area (TPSA) is 51.0 Å². The number of thioether (sulfide) groups is 2. The van der Waals surface area contributed by atoms with E-state index in [9.17, 15) is 0 Å². The van der Waals surface area contributed by atoms with Crippen LogP contribution in [0.3, 0.4) is 0 Å². The van der Waals surface area contributed by atoms with Gasteiger partial charge in [0.2, 0.25) is 5.89 Å². The number of rotatable bonds is 2. The van der Waals surface area contributed by atoms with Gasteiger partial charge in [-0.1, -0.05) is 25.4 Å². The van der Waals surface area contributed by atoms with E-state index in [-0.39, 0.29) is 6.04 Å². The summed E-state index contributed by atoms with van der Waals surface area (Å²) in [6.45, 7) is 5.65. The van der Waals surface area contributed by atoms with Crippen LogP contribution in [-0.4, -0.2) is 32.9 Å². The summed E-state index contributed by atoms with van der Waals surface area (Å²) in [7, 11) is 0. The number of nitrogens with one attached hydrogen (secondary N) is 1. The van der Waals surface area contributed by atoms with Crippen molar-refractivity contribution in [2.45, 2.75) is 54.9 Å². The summed E-state index contributed by atoms with van der Waals surface area (Å²) in [5, 5.41) is 9.43. The van der Waals surface area contributed by atoms with Crippen molar-refractivity contribution in [2.24, 2.45) is 0 Å². The molecule has 0 aliphatic carbocycles. The van der Waals surface area contributed by atoms with Crippen LogP contribution in [0.2, 0.25) is 0 Å². The minimum Gasteiger partial charge on any atom is -0.338 e. The number of hydrogen-bond donors (Lipinski definition) is 1. The predicted octanol–water partition coefficient (Wildman–Crippen LogP) is 3.18. The maximum absolute atomic E-state index is 5.47. The third kappa shape index (κ3) is 3.11. The molecule has 1 aromatic heterocycles. The molecule has 3 unspecified atom stereocenters. The van der Waals surface area contributed by atoms with E-state index < -0.39 is 0 Å². The van der Waals surface area contributed by atoms with Gasteiger partial charge in [-0.25, -0.2) is 0 Å². The fourth-order valence-corrected chi connectivity index (χ4v) is 5.33. The first kappa shape index (κ1) is 13.8. The zero-order valence-electron chi connectivity index (χ0n) is 11.5. The molecule has 6 heteroatoms. The van der Waals surface area contributed by atoms with Crippen molar-refractivity contribution in [3.63, 3.8) is 0 Å². The average molecular weight is 299 g/mol. The Labute approximate surface area is 122 Å². The van der Waals surface area contributed by atoms with E-state index in [0.717, 1.165) is 30.4 Å². The third-order valence-electron chi connectivity index (χ3n) is 3.90. The van der Waals surface area contributed by atoms with E-state index in [1.807, 2.05) is 23.5 Å². The molecule has 4 atom stereocenters. The lowest BCUT2D eigenvalue weighted by Crippen LogP contribution is -2.27. The monoisotopic (exact) mass is 299 g/mol. The molecule has 3 heterocycles. The van der Waals surface area contributed by atoms with Crippen LogP contribution in [0, 0.1) is 0 Å². The molecule has 3 rings (SSSR count). The van der Waals surface area contributed by atoms with E-state index in [4.69, 9.17) is 4.52 Å². The van der Waals surface area contributed by atoms with Crippen LogP contribution in [0.25, 0.3) is 0 Å². The molecule has 106 valence electrons. The summed E-state index contributed by atoms with van der Waals surface area (Å²) in [4.78, 5) is 4.64. The number of piperidine rings is 1. The number of nitrogens with zero attached hydrogens (tertiary/aromatic N) is 2. The maximum atomic E-state index is 5.47. The van der Waals surface area contributed by atoms with Gasteiger partial charge in [0.15, 0.2) is 5.82 Å². The first-order chi connectivity index (χ1) is 9.24. The first-order valence-corrected chi connectivity index (χ1v) is 9.07. The van der Waals surface area contributed by atoms with E-state index in [1.54, 1.807) is 0 Å². The summed E-state index contributed by atoms with van der Waals surface area (Å²) in [5.41, 5.74) is 0. The van der Waals surface area contributed by atoms with Crippen LogP contribution in [0.15, 0.2) is 4.52 Å². The Morgan fingerprint density at radius 1 is 1.26 bits per heavy atom. The minimum atomic E-state index is 0.271. The molecule has 2 aliphatic heterocycles. The number of aromatic nitrogens is 2. The van der Waals surface area contributed by atoms with E-state index in [0.29, 0.717) is 15.7 Å². The molecule has 2 aliphatic rings. The molecular formula is C13H21N3OS2. The molecule has 4 nitrogen and oxygen atoms in total. The van der Waals surface area contributed by atoms with Crippen LogP contribution in [-0.2, 0) is 0 Å². The van der Waals surface area contributed by atoms with Gasteiger partial charge in [0.05, 0.1) is 11.3 Å². The molecule has 0 amide bonds. The molecule has 0 saturated carbocycles. The Morgan fingerprint density at radius 3 is 2.89 bits per heavy atom. The standard InChI is InChI=1S/C13H21N3OS2/c1-8-9(2)19-11(7-18-8)12-15-13(17-16-12)10-5-3-4-6-14-10/h8-11,14H,3-7H2,1-2H3/t8?,9?,10-,11?/m1/s1. The molecule has 0 bridgehead atoms. The zero-order chi connectivity index (χ0) is 13.2. The van der Waals surface area contributed by atoms with Crippen LogP contribution >= 0.6 is 23.5 Å². The highest BCUT2D eigenvalue weighted by molar-refractivity contribution is 8.07. The average Bonchev–Trinajstić information content (AvgIpc) is 2.93. The normalized spacial score (nSPS) is 36.3. The van der Waals surface area contributed by atoms with Gasteiger partial charge in [-0.3, -0.25) is 0 Å². The quantitative estimate of drug-likeness (QED) is 0.905. The van der Waals surface area contributed by atoms with E-state index in [2.05, 4.69) is 29.3 Å². The van der Waals surface area contributed by atoms with Crippen molar-refractivity contribution >= 4 is 23.5 Å². The van der Waals surface area contributed by atoms with Crippen molar-refractivity contribution in [3.05, 3.63) is 11.7 Å². The molecule has 0 aromatic carbocycles. The van der Waals surface area contributed by atoms with Gasteiger partial charge in [0.25, 0.3) is 0 Å². The Hall–Kier alpha value is -0.200. The largest absolute Gasteiger partial charge is 0.338 e. The Balaban J connectivity index is 1.67. The lowest BCUT2D eigenvalue weighted by atomic mass is 10.1. The Kier molecular flexibility index (Phi) is 4.39. The first-order valence-electron chi connectivity index (χ1n) is 7.08. The second kappa shape index (κ2) is 6.06. The molecule has 1 aromatic rings. The zero-order valence-corrected chi connectivity index (χ0v) is 13.1. The van der Waals surface area contributed by atoms with Crippen molar-refractivity contribution in [1.82, 2.24) is 15.5 Å². The minimum absolute atomic E-state index is 0.271. The Morgan fingerprint density at radius 2 is 2.16 bits per heavy atom. The fraction of sp³-hybridized carbons (Fsp3) is 0.846. The van der Waals surface area contributed by atoms with Gasteiger partial charge in [0.1, 0.15) is 0 Å². The predicted molar refractivity (Wildman–Crippen MR) is 80.6 cm³/mol. The Bertz CT molecular complexity index is 420. The molecule has 1 N–H and O–H groups in total. The highest BCUT2D eigenvalue weighted by Gasteiger charge is 2.31. The third-order valence-corrected chi connectivity index (χ3v) is 7.29. The highest BCUT2D eigenvalue weighted by atomic mass is 32.2. The van der Waals surface area contributed by atoms with Gasteiger partial charge in [0, 0.05) is 16.3 Å². The fourth-order valence-electron chi connectivity index (χ4n) is 2.50. The number of hydrogen-bond acceptors (Lipinski definition) is 6. The van der Waals surface area contributed by atoms with Crippen LogP contribution in [0.4, 0.5) is 0 Å². The highest BCUT2D eigenvalue weighted by Crippen LogP contribution is 2.43. The summed E-state index contributed by atoms with van der Waals surface area (Å²) in [6, 6.07) is 0.271. The molecule has 19 heavy (non-hydrogen) atoms. The van der Waals surface area contributed by atoms with Gasteiger partial charge in [-0.2, -0.15) is 16.7 Å². The van der Waals surface area contributed by atoms with Gasteiger partial charge in [-0.05, 0) is 19.4 Å². The van der Waals surface area contributed by atoms with Crippen molar-refractivity contribution < 1.29 is 4.52 Å². The summed E-state index contributed by atoms with van der Waals surface area (Å²) in [5.74, 6) is 2.76.